The third-order valence-electron chi connectivity index (χ3n) is 4.26. The minimum absolute atomic E-state index is 0.0265. The molecule has 0 amide bonds. The van der Waals surface area contributed by atoms with Crippen molar-refractivity contribution in [2.24, 2.45) is 7.05 Å². The Morgan fingerprint density at radius 1 is 1.31 bits per heavy atom. The van der Waals surface area contributed by atoms with Crippen LogP contribution in [0.3, 0.4) is 0 Å². The number of imidazole rings is 1. The molecule has 26 heavy (non-hydrogen) atoms. The number of para-hydroxylation sites is 2. The van der Waals surface area contributed by atoms with Crippen molar-refractivity contribution >= 4 is 26.8 Å². The summed E-state index contributed by atoms with van der Waals surface area (Å²) in [5.74, 6) is -2.33. The van der Waals surface area contributed by atoms with Gasteiger partial charge in [-0.15, -0.1) is 0 Å². The number of hydrogen-bond donors (Lipinski definition) is 1. The Labute approximate surface area is 151 Å². The number of carboxylic acids is 1. The summed E-state index contributed by atoms with van der Waals surface area (Å²) in [4.78, 5) is 15.2. The third kappa shape index (κ3) is 3.89. The molecule has 142 valence electrons. The van der Waals surface area contributed by atoms with E-state index in [0.717, 1.165) is 5.52 Å². The van der Waals surface area contributed by atoms with Gasteiger partial charge in [-0.25, -0.2) is 13.4 Å². The van der Waals surface area contributed by atoms with E-state index in [0.29, 0.717) is 5.52 Å². The van der Waals surface area contributed by atoms with Crippen molar-refractivity contribution in [3.05, 3.63) is 24.3 Å². The van der Waals surface area contributed by atoms with E-state index in [9.17, 15) is 13.2 Å². The Morgan fingerprint density at radius 2 is 1.96 bits per heavy atom. The molecule has 2 aromatic rings. The number of hydrogen-bond acceptors (Lipinski definition) is 6. The summed E-state index contributed by atoms with van der Waals surface area (Å²) in [5.41, 5.74) is 1.33. The van der Waals surface area contributed by atoms with Gasteiger partial charge in [0.1, 0.15) is 0 Å². The average molecular weight is 382 g/mol. The number of carboxylic acid groups (broad SMARTS) is 1. The molecule has 0 saturated carbocycles. The smallest absolute Gasteiger partial charge is 0.305 e. The molecular weight excluding hydrogens is 360 g/mol. The van der Waals surface area contributed by atoms with Crippen LogP contribution < -0.4 is 0 Å². The van der Waals surface area contributed by atoms with Crippen LogP contribution in [0, 0.1) is 0 Å². The van der Waals surface area contributed by atoms with Crippen LogP contribution in [0.4, 0.5) is 0 Å². The Kier molecular flexibility index (Phi) is 4.80. The van der Waals surface area contributed by atoms with E-state index in [1.165, 1.54) is 0 Å². The van der Waals surface area contributed by atoms with Crippen LogP contribution in [-0.2, 0) is 31.2 Å². The van der Waals surface area contributed by atoms with Crippen LogP contribution in [0.15, 0.2) is 29.4 Å². The lowest BCUT2D eigenvalue weighted by Crippen LogP contribution is -2.47. The first kappa shape index (κ1) is 18.8. The maximum absolute atomic E-state index is 12.9. The highest BCUT2D eigenvalue weighted by Crippen LogP contribution is 2.30. The van der Waals surface area contributed by atoms with E-state index in [4.69, 9.17) is 14.6 Å². The van der Waals surface area contributed by atoms with Crippen molar-refractivity contribution in [1.82, 2.24) is 9.55 Å². The molecule has 8 nitrogen and oxygen atoms in total. The molecule has 1 aliphatic rings. The molecule has 0 bridgehead atoms. The first-order valence-corrected chi connectivity index (χ1v) is 9.94. The molecule has 1 aliphatic heterocycles. The Balaban J connectivity index is 1.85. The summed E-state index contributed by atoms with van der Waals surface area (Å²) in [6.45, 7) is 3.30. The van der Waals surface area contributed by atoms with E-state index in [1.54, 1.807) is 43.7 Å². The first-order chi connectivity index (χ1) is 12.1. The maximum atomic E-state index is 12.9. The SMILES string of the molecule is Cn1c(S(=O)(=O)C[C@@H]2C[C@H](CC(=O)O)OC(C)(C)O2)nc2ccccc21. The van der Waals surface area contributed by atoms with Gasteiger partial charge >= 0.3 is 5.97 Å². The van der Waals surface area contributed by atoms with Gasteiger partial charge in [0.15, 0.2) is 5.79 Å². The second kappa shape index (κ2) is 6.64. The van der Waals surface area contributed by atoms with E-state index in [2.05, 4.69) is 4.98 Å². The summed E-state index contributed by atoms with van der Waals surface area (Å²) in [7, 11) is -2.07. The fraction of sp³-hybridized carbons (Fsp3) is 0.529. The molecule has 1 aromatic heterocycles. The minimum Gasteiger partial charge on any atom is -0.481 e. The Morgan fingerprint density at radius 3 is 2.62 bits per heavy atom. The summed E-state index contributed by atoms with van der Waals surface area (Å²) >= 11 is 0. The van der Waals surface area contributed by atoms with Gasteiger partial charge in [-0.2, -0.15) is 0 Å². The van der Waals surface area contributed by atoms with Gasteiger partial charge in [0, 0.05) is 13.5 Å². The maximum Gasteiger partial charge on any atom is 0.305 e. The molecule has 1 saturated heterocycles. The molecule has 3 rings (SSSR count). The number of aromatic nitrogens is 2. The fourth-order valence-corrected chi connectivity index (χ4v) is 4.96. The molecule has 9 heteroatoms. The quantitative estimate of drug-likeness (QED) is 0.839. The minimum atomic E-state index is -3.73. The van der Waals surface area contributed by atoms with Crippen molar-refractivity contribution < 1.29 is 27.8 Å². The largest absolute Gasteiger partial charge is 0.481 e. The van der Waals surface area contributed by atoms with Crippen LogP contribution in [0.1, 0.15) is 26.7 Å². The van der Waals surface area contributed by atoms with Crippen molar-refractivity contribution in [1.29, 1.82) is 0 Å². The lowest BCUT2D eigenvalue weighted by molar-refractivity contribution is -0.295. The predicted octanol–water partition coefficient (Wildman–Crippen LogP) is 1.73. The lowest BCUT2D eigenvalue weighted by Gasteiger charge is -2.40. The van der Waals surface area contributed by atoms with Crippen molar-refractivity contribution in [2.75, 3.05) is 5.75 Å². The van der Waals surface area contributed by atoms with E-state index >= 15 is 0 Å². The van der Waals surface area contributed by atoms with Crippen LogP contribution >= 0.6 is 0 Å². The molecule has 1 fully saturated rings. The zero-order valence-corrected chi connectivity index (χ0v) is 15.7. The first-order valence-electron chi connectivity index (χ1n) is 8.29. The van der Waals surface area contributed by atoms with Crippen molar-refractivity contribution in [2.45, 2.75) is 49.8 Å². The number of ether oxygens (including phenoxy) is 2. The molecule has 2 heterocycles. The number of carbonyl (C=O) groups is 1. The fourth-order valence-electron chi connectivity index (χ4n) is 3.36. The van der Waals surface area contributed by atoms with Crippen molar-refractivity contribution in [3.63, 3.8) is 0 Å². The molecule has 1 aromatic carbocycles. The highest BCUT2D eigenvalue weighted by molar-refractivity contribution is 7.91. The molecule has 0 spiro atoms. The third-order valence-corrected chi connectivity index (χ3v) is 5.99. The van der Waals surface area contributed by atoms with Crippen LogP contribution in [0.25, 0.3) is 11.0 Å². The molecule has 0 aliphatic carbocycles. The molecule has 0 unspecified atom stereocenters. The number of nitrogens with zero attached hydrogens (tertiary/aromatic N) is 2. The van der Waals surface area contributed by atoms with Gasteiger partial charge in [0.05, 0.1) is 35.4 Å². The summed E-state index contributed by atoms with van der Waals surface area (Å²) in [5, 5.41) is 8.97. The summed E-state index contributed by atoms with van der Waals surface area (Å²) in [6.07, 6.45) is -1.28. The Bertz CT molecular complexity index is 934. The number of sulfone groups is 1. The normalized spacial score (nSPS) is 23.2. The van der Waals surface area contributed by atoms with Crippen LogP contribution in [0.5, 0.6) is 0 Å². The highest BCUT2D eigenvalue weighted by Gasteiger charge is 2.39. The predicted molar refractivity (Wildman–Crippen MR) is 93.5 cm³/mol. The van der Waals surface area contributed by atoms with Gasteiger partial charge in [-0.05, 0) is 26.0 Å². The van der Waals surface area contributed by atoms with Gasteiger partial charge in [-0.1, -0.05) is 12.1 Å². The van der Waals surface area contributed by atoms with Crippen LogP contribution in [-0.4, -0.2) is 52.8 Å². The second-order valence-corrected chi connectivity index (χ2v) is 8.86. The summed E-state index contributed by atoms with van der Waals surface area (Å²) < 4.78 is 38.7. The molecule has 1 N–H and O–H groups in total. The number of aliphatic carboxylic acids is 1. The highest BCUT2D eigenvalue weighted by atomic mass is 32.2. The van der Waals surface area contributed by atoms with Gasteiger partial charge in [0.25, 0.3) is 0 Å². The summed E-state index contributed by atoms with van der Waals surface area (Å²) in [6, 6.07) is 7.18. The zero-order valence-electron chi connectivity index (χ0n) is 14.9. The number of rotatable bonds is 5. The van der Waals surface area contributed by atoms with Gasteiger partial charge < -0.3 is 19.1 Å². The van der Waals surface area contributed by atoms with E-state index < -0.39 is 33.8 Å². The van der Waals surface area contributed by atoms with Gasteiger partial charge in [-0.3, -0.25) is 4.79 Å². The number of fused-ring (bicyclic) bond motifs is 1. The molecule has 2 atom stereocenters. The molecular formula is C17H22N2O6S. The standard InChI is InChI=1S/C17H22N2O6S/c1-17(2)24-11(9-15(20)21)8-12(25-17)10-26(22,23)16-18-13-6-4-5-7-14(13)19(16)3/h4-7,11-12H,8-10H2,1-3H3,(H,20,21)/t11-,12+/m1/s1. The lowest BCUT2D eigenvalue weighted by atomic mass is 10.1. The van der Waals surface area contributed by atoms with Crippen molar-refractivity contribution in [3.8, 4) is 0 Å². The number of benzene rings is 1. The Hall–Kier alpha value is -1.97. The molecule has 0 radical (unpaired) electrons. The van der Waals surface area contributed by atoms with Gasteiger partial charge in [0.2, 0.25) is 15.0 Å². The topological polar surface area (TPSA) is 108 Å². The number of aryl methyl sites for hydroxylation is 1. The second-order valence-electron chi connectivity index (χ2n) is 6.94. The monoisotopic (exact) mass is 382 g/mol. The van der Waals surface area contributed by atoms with E-state index in [-0.39, 0.29) is 23.8 Å². The van der Waals surface area contributed by atoms with Crippen LogP contribution in [0.2, 0.25) is 0 Å². The average Bonchev–Trinajstić information content (AvgIpc) is 2.83. The van der Waals surface area contributed by atoms with E-state index in [1.807, 2.05) is 6.07 Å². The zero-order chi connectivity index (χ0) is 19.1.